The van der Waals surface area contributed by atoms with Crippen LogP contribution in [0.2, 0.25) is 18.1 Å². The minimum absolute atomic E-state index is 0.168. The Hall–Kier alpha value is 0.137. The molecule has 0 aliphatic rings. The molecule has 0 saturated carbocycles. The first-order valence-corrected chi connectivity index (χ1v) is 17.0. The molecule has 0 bridgehead atoms. The highest BCUT2D eigenvalue weighted by molar-refractivity contribution is 6.74. The normalized spacial score (nSPS) is 13.6. The molecule has 0 aromatic heterocycles. The third-order valence-corrected chi connectivity index (χ3v) is 11.8. The summed E-state index contributed by atoms with van der Waals surface area (Å²) in [4.78, 5) is 0. The first-order valence-electron chi connectivity index (χ1n) is 14.1. The number of aliphatic hydroxyl groups is 1. The van der Waals surface area contributed by atoms with E-state index >= 15 is 0 Å². The zero-order valence-corrected chi connectivity index (χ0v) is 23.6. The Balaban J connectivity index is 3.28. The van der Waals surface area contributed by atoms with E-state index in [9.17, 15) is 5.11 Å². The van der Waals surface area contributed by atoms with Crippen LogP contribution in [0, 0.1) is 0 Å². The predicted octanol–water partition coefficient (Wildman–Crippen LogP) is 10.1. The van der Waals surface area contributed by atoms with Gasteiger partial charge in [-0.25, -0.2) is 0 Å². The first-order chi connectivity index (χ1) is 14.7. The summed E-state index contributed by atoms with van der Waals surface area (Å²) in [7, 11) is -1.83. The Morgan fingerprint density at radius 1 is 0.581 bits per heavy atom. The van der Waals surface area contributed by atoms with Gasteiger partial charge < -0.3 is 9.53 Å². The lowest BCUT2D eigenvalue weighted by Crippen LogP contribution is -2.43. The zero-order valence-electron chi connectivity index (χ0n) is 22.6. The van der Waals surface area contributed by atoms with Gasteiger partial charge in [-0.15, -0.1) is 0 Å². The molecular weight excluding hydrogens is 396 g/mol. The van der Waals surface area contributed by atoms with E-state index in [0.29, 0.717) is 0 Å². The SMILES string of the molecule is CCCCCCCCCCCCCCCCCCCCCC(O)O[Si](C)(C)C(C)(C)C. The average Bonchev–Trinajstić information content (AvgIpc) is 2.68. The Bertz CT molecular complexity index is 376. The number of aliphatic hydroxyl groups excluding tert-OH is 1. The van der Waals surface area contributed by atoms with Crippen LogP contribution in [0.25, 0.3) is 0 Å². The van der Waals surface area contributed by atoms with E-state index in [0.717, 1.165) is 12.8 Å². The second-order valence-electron chi connectivity index (χ2n) is 11.5. The molecule has 0 fully saturated rings. The summed E-state index contributed by atoms with van der Waals surface area (Å²) in [6, 6.07) is 0. The van der Waals surface area contributed by atoms with Gasteiger partial charge in [0.1, 0.15) is 6.29 Å². The van der Waals surface area contributed by atoms with Gasteiger partial charge in [0.15, 0.2) is 8.32 Å². The Labute approximate surface area is 198 Å². The molecule has 1 unspecified atom stereocenters. The molecule has 0 saturated heterocycles. The lowest BCUT2D eigenvalue weighted by molar-refractivity contribution is -0.0352. The van der Waals surface area contributed by atoms with Gasteiger partial charge in [-0.3, -0.25) is 0 Å². The maximum atomic E-state index is 10.2. The molecule has 2 nitrogen and oxygen atoms in total. The number of hydrogen-bond acceptors (Lipinski definition) is 2. The molecule has 0 spiro atoms. The second kappa shape index (κ2) is 19.6. The van der Waals surface area contributed by atoms with Crippen LogP contribution >= 0.6 is 0 Å². The van der Waals surface area contributed by atoms with Crippen molar-refractivity contribution in [2.24, 2.45) is 0 Å². The Morgan fingerprint density at radius 2 is 0.871 bits per heavy atom. The second-order valence-corrected chi connectivity index (χ2v) is 16.2. The molecule has 1 atom stereocenters. The zero-order chi connectivity index (χ0) is 23.4. The lowest BCUT2D eigenvalue weighted by Gasteiger charge is -2.37. The molecule has 3 heteroatoms. The molecule has 0 aromatic rings. The standard InChI is InChI=1S/C28H60O2Si/c1-7-8-9-10-11-12-13-14-15-16-17-18-19-20-21-22-23-24-25-26-27(29)30-31(5,6)28(2,3)4/h27,29H,7-26H2,1-6H3. The van der Waals surface area contributed by atoms with Gasteiger partial charge in [-0.2, -0.15) is 0 Å². The van der Waals surface area contributed by atoms with Gasteiger partial charge >= 0.3 is 0 Å². The van der Waals surface area contributed by atoms with Crippen molar-refractivity contribution in [1.82, 2.24) is 0 Å². The van der Waals surface area contributed by atoms with Crippen LogP contribution in [0.1, 0.15) is 156 Å². The summed E-state index contributed by atoms with van der Waals surface area (Å²) in [5.41, 5.74) is 0. The van der Waals surface area contributed by atoms with Crippen LogP contribution in [-0.2, 0) is 4.43 Å². The highest BCUT2D eigenvalue weighted by Crippen LogP contribution is 2.37. The molecule has 0 aromatic carbocycles. The Kier molecular flexibility index (Phi) is 19.7. The lowest BCUT2D eigenvalue weighted by atomic mass is 10.0. The van der Waals surface area contributed by atoms with Crippen LogP contribution in [0.3, 0.4) is 0 Å². The van der Waals surface area contributed by atoms with E-state index in [-0.39, 0.29) is 5.04 Å². The Morgan fingerprint density at radius 3 is 1.16 bits per heavy atom. The molecule has 0 radical (unpaired) electrons. The summed E-state index contributed by atoms with van der Waals surface area (Å²) >= 11 is 0. The fourth-order valence-corrected chi connectivity index (χ4v) is 5.12. The van der Waals surface area contributed by atoms with E-state index in [1.807, 2.05) is 0 Å². The molecular formula is C28H60O2Si. The van der Waals surface area contributed by atoms with Gasteiger partial charge in [0.25, 0.3) is 0 Å². The third-order valence-electron chi connectivity index (χ3n) is 7.29. The molecule has 0 rings (SSSR count). The summed E-state index contributed by atoms with van der Waals surface area (Å²) in [6.45, 7) is 13.4. The van der Waals surface area contributed by atoms with Crippen molar-refractivity contribution >= 4 is 8.32 Å². The van der Waals surface area contributed by atoms with Crippen molar-refractivity contribution in [2.75, 3.05) is 0 Å². The van der Waals surface area contributed by atoms with E-state index in [1.54, 1.807) is 0 Å². The van der Waals surface area contributed by atoms with Crippen LogP contribution in [0.15, 0.2) is 0 Å². The van der Waals surface area contributed by atoms with Crippen molar-refractivity contribution in [2.45, 2.75) is 181 Å². The summed E-state index contributed by atoms with van der Waals surface area (Å²) in [6.07, 6.45) is 26.8. The fraction of sp³-hybridized carbons (Fsp3) is 1.00. The van der Waals surface area contributed by atoms with E-state index < -0.39 is 14.6 Å². The van der Waals surface area contributed by atoms with Crippen LogP contribution in [0.5, 0.6) is 0 Å². The number of unbranched alkanes of at least 4 members (excludes halogenated alkanes) is 18. The van der Waals surface area contributed by atoms with Gasteiger partial charge in [0.2, 0.25) is 0 Å². The van der Waals surface area contributed by atoms with Gasteiger partial charge in [0, 0.05) is 0 Å². The van der Waals surface area contributed by atoms with Crippen LogP contribution in [0.4, 0.5) is 0 Å². The molecule has 188 valence electrons. The van der Waals surface area contributed by atoms with Crippen molar-refractivity contribution in [3.63, 3.8) is 0 Å². The predicted molar refractivity (Wildman–Crippen MR) is 142 cm³/mol. The largest absolute Gasteiger partial charge is 0.392 e. The maximum absolute atomic E-state index is 10.2. The minimum atomic E-state index is -1.83. The smallest absolute Gasteiger partial charge is 0.195 e. The van der Waals surface area contributed by atoms with Gasteiger partial charge in [-0.05, 0) is 31.0 Å². The summed E-state index contributed by atoms with van der Waals surface area (Å²) in [5.74, 6) is 0. The topological polar surface area (TPSA) is 29.5 Å². The quantitative estimate of drug-likeness (QED) is 0.0997. The van der Waals surface area contributed by atoms with E-state index in [1.165, 1.54) is 116 Å². The highest BCUT2D eigenvalue weighted by Gasteiger charge is 2.38. The molecule has 0 aliphatic heterocycles. The van der Waals surface area contributed by atoms with Crippen molar-refractivity contribution < 1.29 is 9.53 Å². The highest BCUT2D eigenvalue weighted by atomic mass is 28.4. The van der Waals surface area contributed by atoms with Crippen LogP contribution < -0.4 is 0 Å². The van der Waals surface area contributed by atoms with Crippen molar-refractivity contribution in [1.29, 1.82) is 0 Å². The van der Waals surface area contributed by atoms with Crippen molar-refractivity contribution in [3.8, 4) is 0 Å². The van der Waals surface area contributed by atoms with E-state index in [4.69, 9.17) is 4.43 Å². The van der Waals surface area contributed by atoms with Crippen LogP contribution in [-0.4, -0.2) is 19.7 Å². The average molecular weight is 457 g/mol. The first kappa shape index (κ1) is 31.1. The summed E-state index contributed by atoms with van der Waals surface area (Å²) < 4.78 is 6.03. The summed E-state index contributed by atoms with van der Waals surface area (Å²) in [5, 5.41) is 10.4. The van der Waals surface area contributed by atoms with Crippen molar-refractivity contribution in [3.05, 3.63) is 0 Å². The maximum Gasteiger partial charge on any atom is 0.195 e. The minimum Gasteiger partial charge on any atom is -0.392 e. The molecule has 31 heavy (non-hydrogen) atoms. The van der Waals surface area contributed by atoms with Gasteiger partial charge in [0.05, 0.1) is 0 Å². The van der Waals surface area contributed by atoms with Gasteiger partial charge in [-0.1, -0.05) is 143 Å². The number of hydrogen-bond donors (Lipinski definition) is 1. The molecule has 0 heterocycles. The molecule has 1 N–H and O–H groups in total. The monoisotopic (exact) mass is 456 g/mol. The third kappa shape index (κ3) is 19.3. The van der Waals surface area contributed by atoms with E-state index in [2.05, 4.69) is 40.8 Å². The molecule has 0 amide bonds. The molecule has 0 aliphatic carbocycles. The number of rotatable bonds is 22. The fourth-order valence-electron chi connectivity index (χ4n) is 3.97.